The molecular formula is C18H21FN2O3. The summed E-state index contributed by atoms with van der Waals surface area (Å²) >= 11 is 0. The van der Waals surface area contributed by atoms with Crippen LogP contribution in [0, 0.1) is 12.7 Å². The monoisotopic (exact) mass is 332 g/mol. The van der Waals surface area contributed by atoms with Crippen LogP contribution in [0.25, 0.3) is 11.3 Å². The van der Waals surface area contributed by atoms with Crippen LogP contribution in [0.2, 0.25) is 0 Å². The molecular weight excluding hydrogens is 311 g/mol. The summed E-state index contributed by atoms with van der Waals surface area (Å²) < 4.78 is 15.0. The Morgan fingerprint density at radius 3 is 2.38 bits per heavy atom. The molecule has 0 unspecified atom stereocenters. The molecule has 0 saturated heterocycles. The van der Waals surface area contributed by atoms with Gasteiger partial charge in [0, 0.05) is 23.5 Å². The van der Waals surface area contributed by atoms with Crippen molar-refractivity contribution in [1.82, 2.24) is 9.47 Å². The minimum absolute atomic E-state index is 0.0325. The number of hydrogen-bond acceptors (Lipinski definition) is 3. The van der Waals surface area contributed by atoms with E-state index in [1.165, 1.54) is 12.1 Å². The molecule has 24 heavy (non-hydrogen) atoms. The fourth-order valence-corrected chi connectivity index (χ4v) is 2.66. The smallest absolute Gasteiger partial charge is 0.305 e. The molecule has 0 fully saturated rings. The number of rotatable bonds is 7. The average molecular weight is 332 g/mol. The van der Waals surface area contributed by atoms with Crippen molar-refractivity contribution < 1.29 is 19.1 Å². The van der Waals surface area contributed by atoms with Gasteiger partial charge in [0.1, 0.15) is 5.82 Å². The first kappa shape index (κ1) is 17.9. The Bertz CT molecular complexity index is 748. The molecule has 6 heteroatoms. The number of carboxylic acids is 1. The molecule has 5 nitrogen and oxygen atoms in total. The molecule has 128 valence electrons. The molecule has 2 rings (SSSR count). The zero-order valence-electron chi connectivity index (χ0n) is 14.0. The molecule has 0 amide bonds. The van der Waals surface area contributed by atoms with Gasteiger partial charge in [0.05, 0.1) is 13.0 Å². The lowest BCUT2D eigenvalue weighted by atomic mass is 10.1. The Labute approximate surface area is 140 Å². The second kappa shape index (κ2) is 7.40. The van der Waals surface area contributed by atoms with E-state index in [2.05, 4.69) is 0 Å². The highest BCUT2D eigenvalue weighted by Crippen LogP contribution is 2.27. The number of aliphatic carboxylic acids is 1. The SMILES string of the molecule is Cc1c(C(=O)CN(C)C)cc(-c2ccc(F)cc2)n1CCC(=O)O. The van der Waals surface area contributed by atoms with Gasteiger partial charge in [-0.1, -0.05) is 0 Å². The van der Waals surface area contributed by atoms with Crippen LogP contribution in [-0.2, 0) is 11.3 Å². The predicted molar refractivity (Wildman–Crippen MR) is 89.7 cm³/mol. The lowest BCUT2D eigenvalue weighted by Crippen LogP contribution is -2.22. The minimum atomic E-state index is -0.908. The van der Waals surface area contributed by atoms with Crippen molar-refractivity contribution in [1.29, 1.82) is 0 Å². The van der Waals surface area contributed by atoms with Crippen LogP contribution in [-0.4, -0.2) is 47.0 Å². The van der Waals surface area contributed by atoms with Crippen LogP contribution in [0.3, 0.4) is 0 Å². The van der Waals surface area contributed by atoms with E-state index in [0.717, 1.165) is 17.0 Å². The van der Waals surface area contributed by atoms with Gasteiger partial charge in [-0.3, -0.25) is 9.59 Å². The first-order chi connectivity index (χ1) is 11.3. The number of aromatic nitrogens is 1. The summed E-state index contributed by atoms with van der Waals surface area (Å²) in [4.78, 5) is 25.1. The van der Waals surface area contributed by atoms with E-state index in [4.69, 9.17) is 5.11 Å². The molecule has 0 radical (unpaired) electrons. The molecule has 0 aliphatic rings. The first-order valence-corrected chi connectivity index (χ1v) is 7.65. The van der Waals surface area contributed by atoms with Crippen molar-refractivity contribution in [2.24, 2.45) is 0 Å². The van der Waals surface area contributed by atoms with Gasteiger partial charge in [-0.2, -0.15) is 0 Å². The predicted octanol–water partition coefficient (Wildman–Crippen LogP) is 2.82. The van der Waals surface area contributed by atoms with Crippen LogP contribution in [0.15, 0.2) is 30.3 Å². The van der Waals surface area contributed by atoms with Crippen molar-refractivity contribution in [2.45, 2.75) is 19.9 Å². The van der Waals surface area contributed by atoms with Crippen LogP contribution >= 0.6 is 0 Å². The van der Waals surface area contributed by atoms with Gasteiger partial charge < -0.3 is 14.6 Å². The lowest BCUT2D eigenvalue weighted by Gasteiger charge is -2.11. The van der Waals surface area contributed by atoms with Crippen molar-refractivity contribution in [2.75, 3.05) is 20.6 Å². The number of Topliss-reactive ketones (excluding diaryl/α,β-unsaturated/α-hetero) is 1. The van der Waals surface area contributed by atoms with E-state index < -0.39 is 5.97 Å². The Balaban J connectivity index is 2.48. The van der Waals surface area contributed by atoms with Gasteiger partial charge in [0.2, 0.25) is 0 Å². The molecule has 1 heterocycles. The largest absolute Gasteiger partial charge is 0.481 e. The Morgan fingerprint density at radius 1 is 1.21 bits per heavy atom. The Kier molecular flexibility index (Phi) is 5.51. The van der Waals surface area contributed by atoms with Crippen LogP contribution in [0.1, 0.15) is 22.5 Å². The quantitative estimate of drug-likeness (QED) is 0.792. The Morgan fingerprint density at radius 2 is 1.83 bits per heavy atom. The standard InChI is InChI=1S/C18H21FN2O3/c1-12-15(17(22)11-20(2)3)10-16(21(12)9-8-18(23)24)13-4-6-14(19)7-5-13/h4-7,10H,8-9,11H2,1-3H3,(H,23,24). The van der Waals surface area contributed by atoms with E-state index in [1.807, 2.05) is 18.7 Å². The van der Waals surface area contributed by atoms with E-state index in [1.54, 1.807) is 30.0 Å². The van der Waals surface area contributed by atoms with Crippen LogP contribution < -0.4 is 0 Å². The van der Waals surface area contributed by atoms with Gasteiger partial charge >= 0.3 is 5.97 Å². The van der Waals surface area contributed by atoms with Crippen molar-refractivity contribution in [3.8, 4) is 11.3 Å². The van der Waals surface area contributed by atoms with E-state index in [9.17, 15) is 14.0 Å². The number of carboxylic acid groups (broad SMARTS) is 1. The molecule has 1 N–H and O–H groups in total. The maximum absolute atomic E-state index is 13.2. The van der Waals surface area contributed by atoms with Gasteiger partial charge in [-0.05, 0) is 56.9 Å². The van der Waals surface area contributed by atoms with E-state index in [0.29, 0.717) is 5.56 Å². The highest BCUT2D eigenvalue weighted by atomic mass is 19.1. The topological polar surface area (TPSA) is 62.5 Å². The second-order valence-electron chi connectivity index (χ2n) is 5.99. The van der Waals surface area contributed by atoms with Crippen LogP contribution in [0.5, 0.6) is 0 Å². The summed E-state index contributed by atoms with van der Waals surface area (Å²) in [6.45, 7) is 2.33. The van der Waals surface area contributed by atoms with E-state index in [-0.39, 0.29) is 31.1 Å². The third kappa shape index (κ3) is 4.08. The number of nitrogens with zero attached hydrogens (tertiary/aromatic N) is 2. The molecule has 0 aliphatic carbocycles. The fraction of sp³-hybridized carbons (Fsp3) is 0.333. The average Bonchev–Trinajstić information content (AvgIpc) is 2.82. The minimum Gasteiger partial charge on any atom is -0.481 e. The highest BCUT2D eigenvalue weighted by Gasteiger charge is 2.19. The number of likely N-dealkylation sites (N-methyl/N-ethyl adjacent to an activating group) is 1. The summed E-state index contributed by atoms with van der Waals surface area (Å²) in [5, 5.41) is 8.96. The van der Waals surface area contributed by atoms with Gasteiger partial charge in [-0.25, -0.2) is 4.39 Å². The van der Waals surface area contributed by atoms with Gasteiger partial charge in [0.15, 0.2) is 5.78 Å². The molecule has 2 aromatic rings. The zero-order chi connectivity index (χ0) is 17.9. The summed E-state index contributed by atoms with van der Waals surface area (Å²) in [5.74, 6) is -1.28. The highest BCUT2D eigenvalue weighted by molar-refractivity contribution is 6.00. The number of ketones is 1. The first-order valence-electron chi connectivity index (χ1n) is 7.65. The molecule has 1 aromatic carbocycles. The fourth-order valence-electron chi connectivity index (χ4n) is 2.66. The lowest BCUT2D eigenvalue weighted by molar-refractivity contribution is -0.137. The van der Waals surface area contributed by atoms with E-state index >= 15 is 0 Å². The molecule has 0 atom stereocenters. The number of halogens is 1. The molecule has 0 saturated carbocycles. The van der Waals surface area contributed by atoms with Gasteiger partial charge in [0.25, 0.3) is 0 Å². The number of hydrogen-bond donors (Lipinski definition) is 1. The summed E-state index contributed by atoms with van der Waals surface area (Å²) in [5.41, 5.74) is 2.75. The second-order valence-corrected chi connectivity index (χ2v) is 5.99. The molecule has 1 aromatic heterocycles. The van der Waals surface area contributed by atoms with Gasteiger partial charge in [-0.15, -0.1) is 0 Å². The summed E-state index contributed by atoms with van der Waals surface area (Å²) in [6, 6.07) is 7.71. The van der Waals surface area contributed by atoms with Crippen molar-refractivity contribution in [3.05, 3.63) is 47.4 Å². The summed E-state index contributed by atoms with van der Waals surface area (Å²) in [6.07, 6.45) is -0.0506. The third-order valence-electron chi connectivity index (χ3n) is 3.82. The third-order valence-corrected chi connectivity index (χ3v) is 3.82. The zero-order valence-corrected chi connectivity index (χ0v) is 14.0. The van der Waals surface area contributed by atoms with Crippen molar-refractivity contribution in [3.63, 3.8) is 0 Å². The number of benzene rings is 1. The molecule has 0 spiro atoms. The Hall–Kier alpha value is -2.47. The van der Waals surface area contributed by atoms with Crippen LogP contribution in [0.4, 0.5) is 4.39 Å². The molecule has 0 aliphatic heterocycles. The normalized spacial score (nSPS) is 11.0. The molecule has 0 bridgehead atoms. The number of carbonyl (C=O) groups is 2. The summed E-state index contributed by atoms with van der Waals surface area (Å²) in [7, 11) is 3.63. The maximum atomic E-state index is 13.2. The maximum Gasteiger partial charge on any atom is 0.305 e. The number of carbonyl (C=O) groups excluding carboxylic acids is 1. The van der Waals surface area contributed by atoms with Crippen molar-refractivity contribution >= 4 is 11.8 Å².